The van der Waals surface area contributed by atoms with E-state index in [-0.39, 0.29) is 5.60 Å². The third-order valence-corrected chi connectivity index (χ3v) is 3.58. The van der Waals surface area contributed by atoms with Crippen molar-refractivity contribution in [3.63, 3.8) is 0 Å². The van der Waals surface area contributed by atoms with E-state index >= 15 is 0 Å². The SMILES string of the molecule is COC1(c2nc(C)cc(N)n2)CCCCCC1. The van der Waals surface area contributed by atoms with Gasteiger partial charge in [-0.05, 0) is 19.8 Å². The zero-order valence-corrected chi connectivity index (χ0v) is 10.7. The molecule has 2 N–H and O–H groups in total. The van der Waals surface area contributed by atoms with Crippen molar-refractivity contribution in [1.82, 2.24) is 9.97 Å². The van der Waals surface area contributed by atoms with Crippen molar-refractivity contribution in [1.29, 1.82) is 0 Å². The summed E-state index contributed by atoms with van der Waals surface area (Å²) < 4.78 is 5.77. The van der Waals surface area contributed by atoms with Crippen LogP contribution in [0.3, 0.4) is 0 Å². The molecule has 1 aliphatic carbocycles. The van der Waals surface area contributed by atoms with Crippen LogP contribution in [-0.2, 0) is 10.3 Å². The summed E-state index contributed by atoms with van der Waals surface area (Å²) in [5.74, 6) is 1.30. The number of nitrogens with two attached hydrogens (primary N) is 1. The third kappa shape index (κ3) is 2.57. The van der Waals surface area contributed by atoms with Gasteiger partial charge < -0.3 is 10.5 Å². The maximum absolute atomic E-state index is 5.81. The second kappa shape index (κ2) is 5.00. The molecule has 0 atom stereocenters. The molecular formula is C13H21N3O. The van der Waals surface area contributed by atoms with Crippen LogP contribution in [0.5, 0.6) is 0 Å². The summed E-state index contributed by atoms with van der Waals surface area (Å²) in [6.45, 7) is 1.95. The fourth-order valence-electron chi connectivity index (χ4n) is 2.62. The van der Waals surface area contributed by atoms with E-state index in [2.05, 4.69) is 9.97 Å². The molecular weight excluding hydrogens is 214 g/mol. The molecule has 0 radical (unpaired) electrons. The van der Waals surface area contributed by atoms with Crippen molar-refractivity contribution in [2.24, 2.45) is 0 Å². The maximum Gasteiger partial charge on any atom is 0.162 e. The van der Waals surface area contributed by atoms with Gasteiger partial charge in [-0.2, -0.15) is 0 Å². The summed E-state index contributed by atoms with van der Waals surface area (Å²) in [7, 11) is 1.76. The van der Waals surface area contributed by atoms with Gasteiger partial charge in [0, 0.05) is 18.9 Å². The van der Waals surface area contributed by atoms with Gasteiger partial charge in [0.25, 0.3) is 0 Å². The van der Waals surface area contributed by atoms with Gasteiger partial charge in [0.2, 0.25) is 0 Å². The Hall–Kier alpha value is -1.16. The van der Waals surface area contributed by atoms with Crippen LogP contribution in [-0.4, -0.2) is 17.1 Å². The first-order valence-electron chi connectivity index (χ1n) is 6.33. The monoisotopic (exact) mass is 235 g/mol. The Morgan fingerprint density at radius 3 is 2.35 bits per heavy atom. The minimum Gasteiger partial charge on any atom is -0.384 e. The predicted molar refractivity (Wildman–Crippen MR) is 67.6 cm³/mol. The molecule has 1 fully saturated rings. The molecule has 0 aromatic carbocycles. The van der Waals surface area contributed by atoms with Crippen LogP contribution in [0.2, 0.25) is 0 Å². The fourth-order valence-corrected chi connectivity index (χ4v) is 2.62. The lowest BCUT2D eigenvalue weighted by molar-refractivity contribution is -0.0351. The van der Waals surface area contributed by atoms with Crippen molar-refractivity contribution in [3.05, 3.63) is 17.6 Å². The minimum absolute atomic E-state index is 0.323. The molecule has 1 saturated carbocycles. The minimum atomic E-state index is -0.323. The molecule has 94 valence electrons. The largest absolute Gasteiger partial charge is 0.384 e. The lowest BCUT2D eigenvalue weighted by atomic mass is 9.93. The van der Waals surface area contributed by atoms with Crippen LogP contribution in [0.15, 0.2) is 6.07 Å². The van der Waals surface area contributed by atoms with Gasteiger partial charge in [0.1, 0.15) is 11.4 Å². The molecule has 0 spiro atoms. The highest BCUT2D eigenvalue weighted by atomic mass is 16.5. The lowest BCUT2D eigenvalue weighted by Gasteiger charge is -2.30. The summed E-state index contributed by atoms with van der Waals surface area (Å²) in [6, 6.07) is 1.80. The number of ether oxygens (including phenoxy) is 1. The quantitative estimate of drug-likeness (QED) is 0.800. The second-order valence-corrected chi connectivity index (χ2v) is 4.87. The first kappa shape index (κ1) is 12.3. The number of rotatable bonds is 2. The van der Waals surface area contributed by atoms with E-state index in [1.54, 1.807) is 13.2 Å². The topological polar surface area (TPSA) is 61.0 Å². The Morgan fingerprint density at radius 1 is 1.18 bits per heavy atom. The highest BCUT2D eigenvalue weighted by molar-refractivity contribution is 5.30. The Balaban J connectivity index is 2.38. The molecule has 0 aliphatic heterocycles. The number of hydrogen-bond donors (Lipinski definition) is 1. The second-order valence-electron chi connectivity index (χ2n) is 4.87. The van der Waals surface area contributed by atoms with E-state index in [1.165, 1.54) is 25.7 Å². The highest BCUT2D eigenvalue weighted by Gasteiger charge is 2.35. The Bertz CT molecular complexity index is 364. The van der Waals surface area contributed by atoms with E-state index in [0.717, 1.165) is 24.4 Å². The summed E-state index contributed by atoms with van der Waals surface area (Å²) in [5.41, 5.74) is 6.40. The van der Waals surface area contributed by atoms with E-state index < -0.39 is 0 Å². The molecule has 2 rings (SSSR count). The van der Waals surface area contributed by atoms with Crippen LogP contribution in [0, 0.1) is 6.92 Å². The van der Waals surface area contributed by atoms with Gasteiger partial charge in [-0.1, -0.05) is 25.7 Å². The molecule has 1 heterocycles. The molecule has 0 saturated heterocycles. The van der Waals surface area contributed by atoms with Gasteiger partial charge >= 0.3 is 0 Å². The predicted octanol–water partition coefficient (Wildman–Crippen LogP) is 2.56. The Morgan fingerprint density at radius 2 is 1.82 bits per heavy atom. The van der Waals surface area contributed by atoms with Crippen LogP contribution in [0.4, 0.5) is 5.82 Å². The van der Waals surface area contributed by atoms with Crippen molar-refractivity contribution in [2.45, 2.75) is 51.0 Å². The zero-order valence-electron chi connectivity index (χ0n) is 10.7. The first-order chi connectivity index (χ1) is 8.16. The van der Waals surface area contributed by atoms with Crippen molar-refractivity contribution >= 4 is 5.82 Å². The third-order valence-electron chi connectivity index (χ3n) is 3.58. The van der Waals surface area contributed by atoms with E-state index in [4.69, 9.17) is 10.5 Å². The lowest BCUT2D eigenvalue weighted by Crippen LogP contribution is -2.31. The average molecular weight is 235 g/mol. The number of nitrogens with zero attached hydrogens (tertiary/aromatic N) is 2. The molecule has 0 unspecified atom stereocenters. The number of methoxy groups -OCH3 is 1. The van der Waals surface area contributed by atoms with Crippen LogP contribution in [0.25, 0.3) is 0 Å². The van der Waals surface area contributed by atoms with Gasteiger partial charge in [0.05, 0.1) is 0 Å². The van der Waals surface area contributed by atoms with Gasteiger partial charge in [-0.3, -0.25) is 0 Å². The van der Waals surface area contributed by atoms with Crippen LogP contribution in [0.1, 0.15) is 50.0 Å². The summed E-state index contributed by atoms with van der Waals surface area (Å²) >= 11 is 0. The fraction of sp³-hybridized carbons (Fsp3) is 0.692. The first-order valence-corrected chi connectivity index (χ1v) is 6.33. The van der Waals surface area contributed by atoms with E-state index in [0.29, 0.717) is 5.82 Å². The molecule has 0 bridgehead atoms. The molecule has 17 heavy (non-hydrogen) atoms. The number of aromatic nitrogens is 2. The zero-order chi connectivity index (χ0) is 12.3. The number of anilines is 1. The van der Waals surface area contributed by atoms with Crippen molar-refractivity contribution in [3.8, 4) is 0 Å². The molecule has 4 heteroatoms. The average Bonchev–Trinajstić information content (AvgIpc) is 2.53. The summed E-state index contributed by atoms with van der Waals surface area (Å²) in [4.78, 5) is 8.91. The van der Waals surface area contributed by atoms with Gasteiger partial charge in [-0.15, -0.1) is 0 Å². The smallest absolute Gasteiger partial charge is 0.162 e. The number of nitrogen functional groups attached to an aromatic ring is 1. The number of hydrogen-bond acceptors (Lipinski definition) is 4. The maximum atomic E-state index is 5.81. The van der Waals surface area contributed by atoms with Gasteiger partial charge in [0.15, 0.2) is 5.82 Å². The Kier molecular flexibility index (Phi) is 3.62. The Labute approximate surface area is 103 Å². The summed E-state index contributed by atoms with van der Waals surface area (Å²) in [6.07, 6.45) is 6.87. The van der Waals surface area contributed by atoms with Crippen LogP contribution < -0.4 is 5.73 Å². The normalized spacial score (nSPS) is 19.9. The van der Waals surface area contributed by atoms with Gasteiger partial charge in [-0.25, -0.2) is 9.97 Å². The molecule has 1 aromatic rings. The molecule has 0 amide bonds. The molecule has 1 aromatic heterocycles. The van der Waals surface area contributed by atoms with E-state index in [1.807, 2.05) is 6.92 Å². The van der Waals surface area contributed by atoms with E-state index in [9.17, 15) is 0 Å². The molecule has 4 nitrogen and oxygen atoms in total. The van der Waals surface area contributed by atoms with Crippen LogP contribution >= 0.6 is 0 Å². The van der Waals surface area contributed by atoms with Crippen molar-refractivity contribution in [2.75, 3.05) is 12.8 Å². The summed E-state index contributed by atoms with van der Waals surface area (Å²) in [5, 5.41) is 0. The van der Waals surface area contributed by atoms with Crippen molar-refractivity contribution < 1.29 is 4.74 Å². The number of aryl methyl sites for hydroxylation is 1. The standard InChI is InChI=1S/C13H21N3O/c1-10-9-11(14)16-12(15-10)13(17-2)7-5-3-4-6-8-13/h9H,3-8H2,1-2H3,(H2,14,15,16). The highest BCUT2D eigenvalue weighted by Crippen LogP contribution is 2.37. The molecule has 1 aliphatic rings.